The van der Waals surface area contributed by atoms with Gasteiger partial charge >= 0.3 is 5.97 Å². The second-order valence-corrected chi connectivity index (χ2v) is 3.72. The number of carbonyl (C=O) groups excluding carboxylic acids is 1. The molecular formula is C10H7Cl2N3O2. The van der Waals surface area contributed by atoms with Crippen molar-refractivity contribution in [3.8, 4) is 0 Å². The molecule has 0 N–H and O–H groups in total. The lowest BCUT2D eigenvalue weighted by molar-refractivity contribution is -0.136. The molecule has 0 saturated carbocycles. The fraction of sp³-hybridized carbons (Fsp3) is 0.100. The van der Waals surface area contributed by atoms with E-state index in [0.717, 1.165) is 0 Å². The topological polar surface area (TPSA) is 75.1 Å². The van der Waals surface area contributed by atoms with E-state index in [2.05, 4.69) is 14.8 Å². The van der Waals surface area contributed by atoms with Crippen LogP contribution in [0.15, 0.2) is 29.0 Å². The number of ether oxygens (including phenoxy) is 1. The Hall–Kier alpha value is -1.68. The SMILES string of the molecule is COC(=O)/C(=C/c1cc(Cl)ccc1Cl)N=[N+]=[N-]. The van der Waals surface area contributed by atoms with E-state index < -0.39 is 5.97 Å². The summed E-state index contributed by atoms with van der Waals surface area (Å²) in [6.07, 6.45) is 1.31. The van der Waals surface area contributed by atoms with Crippen molar-refractivity contribution in [3.63, 3.8) is 0 Å². The summed E-state index contributed by atoms with van der Waals surface area (Å²) in [5, 5.41) is 4.05. The molecule has 0 radical (unpaired) electrons. The van der Waals surface area contributed by atoms with Gasteiger partial charge in [0.1, 0.15) is 5.70 Å². The summed E-state index contributed by atoms with van der Waals surface area (Å²) >= 11 is 11.7. The number of benzene rings is 1. The molecule has 7 heteroatoms. The molecule has 1 aromatic rings. The number of esters is 1. The van der Waals surface area contributed by atoms with Crippen molar-refractivity contribution >= 4 is 35.2 Å². The molecule has 0 bridgehead atoms. The molecule has 0 aliphatic heterocycles. The van der Waals surface area contributed by atoms with Gasteiger partial charge in [0, 0.05) is 15.0 Å². The smallest absolute Gasteiger partial charge is 0.340 e. The molecule has 1 aromatic carbocycles. The second-order valence-electron chi connectivity index (χ2n) is 2.88. The van der Waals surface area contributed by atoms with Gasteiger partial charge in [0.2, 0.25) is 0 Å². The Bertz CT molecular complexity index is 522. The lowest BCUT2D eigenvalue weighted by Gasteiger charge is -2.01. The lowest BCUT2D eigenvalue weighted by atomic mass is 10.2. The summed E-state index contributed by atoms with van der Waals surface area (Å²) in [6.45, 7) is 0. The van der Waals surface area contributed by atoms with Gasteiger partial charge in [-0.15, -0.1) is 0 Å². The Morgan fingerprint density at radius 2 is 2.24 bits per heavy atom. The summed E-state index contributed by atoms with van der Waals surface area (Å²) in [4.78, 5) is 13.8. The van der Waals surface area contributed by atoms with Gasteiger partial charge in [-0.2, -0.15) is 0 Å². The van der Waals surface area contributed by atoms with Gasteiger partial charge in [-0.05, 0) is 35.4 Å². The van der Waals surface area contributed by atoms with Crippen LogP contribution in [0.25, 0.3) is 16.5 Å². The van der Waals surface area contributed by atoms with Gasteiger partial charge in [-0.25, -0.2) is 4.79 Å². The molecule has 17 heavy (non-hydrogen) atoms. The van der Waals surface area contributed by atoms with E-state index in [1.165, 1.54) is 13.2 Å². The molecule has 0 heterocycles. The predicted octanol–water partition coefficient (Wildman–Crippen LogP) is 3.82. The first-order valence-corrected chi connectivity index (χ1v) is 5.14. The highest BCUT2D eigenvalue weighted by molar-refractivity contribution is 6.34. The lowest BCUT2D eigenvalue weighted by Crippen LogP contribution is -2.01. The van der Waals surface area contributed by atoms with Crippen molar-refractivity contribution in [2.75, 3.05) is 7.11 Å². The molecule has 0 fully saturated rings. The molecule has 0 aliphatic carbocycles. The monoisotopic (exact) mass is 271 g/mol. The number of carbonyl (C=O) groups is 1. The fourth-order valence-corrected chi connectivity index (χ4v) is 1.41. The third-order valence-electron chi connectivity index (χ3n) is 1.80. The zero-order valence-corrected chi connectivity index (χ0v) is 10.2. The highest BCUT2D eigenvalue weighted by atomic mass is 35.5. The van der Waals surface area contributed by atoms with Gasteiger partial charge < -0.3 is 4.74 Å². The number of halogens is 2. The largest absolute Gasteiger partial charge is 0.466 e. The van der Waals surface area contributed by atoms with Crippen LogP contribution in [0.5, 0.6) is 0 Å². The summed E-state index contributed by atoms with van der Waals surface area (Å²) in [7, 11) is 1.18. The van der Waals surface area contributed by atoms with Crippen LogP contribution in [-0.2, 0) is 9.53 Å². The average Bonchev–Trinajstić information content (AvgIpc) is 2.32. The van der Waals surface area contributed by atoms with E-state index in [1.54, 1.807) is 18.2 Å². The van der Waals surface area contributed by atoms with E-state index >= 15 is 0 Å². The quantitative estimate of drug-likeness (QED) is 0.276. The first-order valence-electron chi connectivity index (χ1n) is 4.38. The van der Waals surface area contributed by atoms with Crippen molar-refractivity contribution in [1.29, 1.82) is 0 Å². The molecule has 5 nitrogen and oxygen atoms in total. The maximum Gasteiger partial charge on any atom is 0.340 e. The molecule has 0 aliphatic rings. The number of rotatable bonds is 3. The van der Waals surface area contributed by atoms with Crippen molar-refractivity contribution in [1.82, 2.24) is 0 Å². The van der Waals surface area contributed by atoms with Crippen molar-refractivity contribution < 1.29 is 9.53 Å². The minimum absolute atomic E-state index is 0.195. The number of hydrogen-bond acceptors (Lipinski definition) is 3. The van der Waals surface area contributed by atoms with E-state index in [4.69, 9.17) is 28.7 Å². The minimum atomic E-state index is -0.751. The van der Waals surface area contributed by atoms with Crippen LogP contribution in [0.1, 0.15) is 5.56 Å². The summed E-state index contributed by atoms with van der Waals surface area (Å²) < 4.78 is 4.46. The van der Waals surface area contributed by atoms with Gasteiger partial charge in [-0.3, -0.25) is 0 Å². The second kappa shape index (κ2) is 6.15. The minimum Gasteiger partial charge on any atom is -0.466 e. The van der Waals surface area contributed by atoms with Crippen molar-refractivity contribution in [3.05, 3.63) is 49.9 Å². The summed E-state index contributed by atoms with van der Waals surface area (Å²) in [5.74, 6) is -0.751. The molecule has 0 saturated heterocycles. The van der Waals surface area contributed by atoms with Gasteiger partial charge in [0.25, 0.3) is 0 Å². The van der Waals surface area contributed by atoms with E-state index in [1.807, 2.05) is 0 Å². The van der Waals surface area contributed by atoms with Crippen LogP contribution in [0.4, 0.5) is 0 Å². The molecule has 88 valence electrons. The maximum atomic E-state index is 11.3. The standard InChI is InChI=1S/C10H7Cl2N3O2/c1-17-10(16)9(14-15-13)5-6-4-7(11)2-3-8(6)12/h2-5H,1H3/b9-5-. The van der Waals surface area contributed by atoms with Gasteiger partial charge in [0.05, 0.1) is 7.11 Å². The van der Waals surface area contributed by atoms with Gasteiger partial charge in [0.15, 0.2) is 0 Å². The Labute approximate surface area is 107 Å². The highest BCUT2D eigenvalue weighted by Crippen LogP contribution is 2.23. The fourth-order valence-electron chi connectivity index (χ4n) is 1.05. The zero-order chi connectivity index (χ0) is 12.8. The highest BCUT2D eigenvalue weighted by Gasteiger charge is 2.09. The summed E-state index contributed by atoms with van der Waals surface area (Å²) in [6, 6.07) is 4.72. The van der Waals surface area contributed by atoms with Crippen LogP contribution < -0.4 is 0 Å². The number of methoxy groups -OCH3 is 1. The third-order valence-corrected chi connectivity index (χ3v) is 2.38. The average molecular weight is 272 g/mol. The van der Waals surface area contributed by atoms with E-state index in [-0.39, 0.29) is 5.70 Å². The summed E-state index contributed by atoms with van der Waals surface area (Å²) in [5.41, 5.74) is 8.60. The Morgan fingerprint density at radius 3 is 2.82 bits per heavy atom. The van der Waals surface area contributed by atoms with Crippen LogP contribution in [0.3, 0.4) is 0 Å². The van der Waals surface area contributed by atoms with Crippen LogP contribution in [0.2, 0.25) is 10.0 Å². The molecule has 0 aromatic heterocycles. The molecule has 0 atom stereocenters. The van der Waals surface area contributed by atoms with Crippen LogP contribution >= 0.6 is 23.2 Å². The van der Waals surface area contributed by atoms with Crippen molar-refractivity contribution in [2.45, 2.75) is 0 Å². The molecule has 1 rings (SSSR count). The predicted molar refractivity (Wildman–Crippen MR) is 65.6 cm³/mol. The molecule has 0 spiro atoms. The number of nitrogens with zero attached hydrogens (tertiary/aromatic N) is 3. The molecular weight excluding hydrogens is 265 g/mol. The third kappa shape index (κ3) is 3.67. The zero-order valence-electron chi connectivity index (χ0n) is 8.72. The first kappa shape index (κ1) is 13.4. The van der Waals surface area contributed by atoms with Crippen LogP contribution in [0, 0.1) is 0 Å². The number of azide groups is 1. The Balaban J connectivity index is 3.25. The first-order chi connectivity index (χ1) is 8.08. The Morgan fingerprint density at radius 1 is 1.53 bits per heavy atom. The number of hydrogen-bond donors (Lipinski definition) is 0. The Kier molecular flexibility index (Phi) is 4.84. The maximum absolute atomic E-state index is 11.3. The van der Waals surface area contributed by atoms with E-state index in [9.17, 15) is 4.79 Å². The van der Waals surface area contributed by atoms with Crippen molar-refractivity contribution in [2.24, 2.45) is 5.11 Å². The normalized spacial score (nSPS) is 10.6. The van der Waals surface area contributed by atoms with Crippen LogP contribution in [-0.4, -0.2) is 13.1 Å². The molecule has 0 unspecified atom stereocenters. The van der Waals surface area contributed by atoms with Gasteiger partial charge in [-0.1, -0.05) is 28.3 Å². The molecule has 0 amide bonds. The van der Waals surface area contributed by atoms with E-state index in [0.29, 0.717) is 15.6 Å².